The van der Waals surface area contributed by atoms with E-state index >= 15 is 0 Å². The van der Waals surface area contributed by atoms with Crippen molar-refractivity contribution < 1.29 is 17.0 Å². The van der Waals surface area contributed by atoms with E-state index in [9.17, 15) is 17.0 Å². The van der Waals surface area contributed by atoms with Gasteiger partial charge in [-0.25, -0.2) is 8.60 Å². The van der Waals surface area contributed by atoms with Crippen LogP contribution in [0.5, 0.6) is 0 Å². The molecule has 1 unspecified atom stereocenters. The van der Waals surface area contributed by atoms with Crippen LogP contribution in [0.4, 0.5) is 4.39 Å². The molecule has 0 radical (unpaired) electrons. The summed E-state index contributed by atoms with van der Waals surface area (Å²) in [5.41, 5.74) is 0. The predicted octanol–water partition coefficient (Wildman–Crippen LogP) is 0.975. The summed E-state index contributed by atoms with van der Waals surface area (Å²) < 4.78 is 54.4. The van der Waals surface area contributed by atoms with Gasteiger partial charge in [-0.05, 0) is 12.1 Å². The van der Waals surface area contributed by atoms with Crippen LogP contribution in [0.25, 0.3) is 0 Å². The first kappa shape index (κ1) is 17.3. The second-order valence-electron chi connectivity index (χ2n) is 5.10. The van der Waals surface area contributed by atoms with Crippen LogP contribution in [0.3, 0.4) is 0 Å². The Morgan fingerprint density at radius 3 is 2.23 bits per heavy atom. The Balaban J connectivity index is 2.18. The first-order chi connectivity index (χ1) is 10.3. The van der Waals surface area contributed by atoms with Crippen molar-refractivity contribution in [2.45, 2.75) is 4.90 Å². The fraction of sp³-hybridized carbons (Fsp3) is 0.538. The Morgan fingerprint density at radius 2 is 1.68 bits per heavy atom. The molecule has 124 valence electrons. The third kappa shape index (κ3) is 4.25. The molecule has 1 saturated heterocycles. The summed E-state index contributed by atoms with van der Waals surface area (Å²) in [5, 5.41) is 0. The van der Waals surface area contributed by atoms with Crippen LogP contribution >= 0.6 is 0 Å². The van der Waals surface area contributed by atoms with Gasteiger partial charge in [0.05, 0.1) is 9.73 Å². The molecule has 1 aliphatic heterocycles. The number of halogens is 1. The van der Waals surface area contributed by atoms with Crippen LogP contribution in [0.1, 0.15) is 0 Å². The quantitative estimate of drug-likeness (QED) is 0.794. The molecular weight excluding hydrogens is 329 g/mol. The molecule has 1 aromatic carbocycles. The molecule has 1 fully saturated rings. The first-order valence-corrected chi connectivity index (χ1v) is 10.2. The molecule has 22 heavy (non-hydrogen) atoms. The Labute approximate surface area is 131 Å². The largest absolute Gasteiger partial charge is 0.330 e. The number of benzene rings is 1. The molecule has 1 aliphatic rings. The summed E-state index contributed by atoms with van der Waals surface area (Å²) in [5.74, 6) is 0. The molecular formula is C13H20FN3O3S2. The average molecular weight is 349 g/mol. The van der Waals surface area contributed by atoms with E-state index in [2.05, 4.69) is 3.77 Å². The summed E-state index contributed by atoms with van der Waals surface area (Å²) in [6.07, 6.45) is 1.32. The number of piperazine rings is 1. The van der Waals surface area contributed by atoms with Gasteiger partial charge >= 0.3 is 10.2 Å². The van der Waals surface area contributed by atoms with Crippen molar-refractivity contribution in [2.24, 2.45) is 3.77 Å². The average Bonchev–Trinajstić information content (AvgIpc) is 2.48. The molecule has 0 spiro atoms. The smallest absolute Gasteiger partial charge is 0.298 e. The van der Waals surface area contributed by atoms with Crippen molar-refractivity contribution >= 4 is 19.9 Å². The lowest BCUT2D eigenvalue weighted by molar-refractivity contribution is 0.177. The van der Waals surface area contributed by atoms with Crippen molar-refractivity contribution in [3.05, 3.63) is 30.3 Å². The Hall–Kier alpha value is -1.03. The van der Waals surface area contributed by atoms with Crippen molar-refractivity contribution in [2.75, 3.05) is 45.7 Å². The summed E-state index contributed by atoms with van der Waals surface area (Å²) in [7, 11) is -6.98. The number of nitrogens with zero attached hydrogens (tertiary/aromatic N) is 3. The monoisotopic (exact) mass is 349 g/mol. The summed E-state index contributed by atoms with van der Waals surface area (Å²) in [6.45, 7) is 1.23. The van der Waals surface area contributed by atoms with Crippen molar-refractivity contribution in [3.63, 3.8) is 0 Å². The van der Waals surface area contributed by atoms with E-state index in [1.54, 1.807) is 30.3 Å². The SMILES string of the molecule is CS(=O)(=NS(=O)(=O)N1CCN(CCF)CC1)c1ccccc1. The van der Waals surface area contributed by atoms with Crippen LogP contribution < -0.4 is 0 Å². The highest BCUT2D eigenvalue weighted by Crippen LogP contribution is 2.16. The summed E-state index contributed by atoms with van der Waals surface area (Å²) in [6, 6.07) is 8.34. The number of hydrogen-bond acceptors (Lipinski definition) is 4. The van der Waals surface area contributed by atoms with Gasteiger partial charge in [0, 0.05) is 43.9 Å². The predicted molar refractivity (Wildman–Crippen MR) is 84.1 cm³/mol. The molecule has 9 heteroatoms. The van der Waals surface area contributed by atoms with Crippen molar-refractivity contribution in [3.8, 4) is 0 Å². The van der Waals surface area contributed by atoms with Gasteiger partial charge in [0.1, 0.15) is 6.67 Å². The van der Waals surface area contributed by atoms with E-state index in [0.29, 0.717) is 24.5 Å². The van der Waals surface area contributed by atoms with E-state index in [1.165, 1.54) is 10.6 Å². The fourth-order valence-corrected chi connectivity index (χ4v) is 5.69. The second kappa shape index (κ2) is 7.03. The van der Waals surface area contributed by atoms with Gasteiger partial charge in [0.25, 0.3) is 0 Å². The molecule has 1 heterocycles. The van der Waals surface area contributed by atoms with Gasteiger partial charge in [0.2, 0.25) is 0 Å². The fourth-order valence-electron chi connectivity index (χ4n) is 2.25. The maximum atomic E-state index is 12.6. The third-order valence-corrected chi connectivity index (χ3v) is 7.53. The Morgan fingerprint density at radius 1 is 1.09 bits per heavy atom. The maximum Gasteiger partial charge on any atom is 0.330 e. The van der Waals surface area contributed by atoms with E-state index < -0.39 is 26.6 Å². The highest BCUT2D eigenvalue weighted by molar-refractivity contribution is 8.02. The number of hydrogen-bond donors (Lipinski definition) is 0. The highest BCUT2D eigenvalue weighted by atomic mass is 32.3. The number of rotatable bonds is 5. The molecule has 1 aromatic rings. The molecule has 0 amide bonds. The normalized spacial score (nSPS) is 20.5. The topological polar surface area (TPSA) is 70.0 Å². The van der Waals surface area contributed by atoms with E-state index in [-0.39, 0.29) is 13.1 Å². The molecule has 0 N–H and O–H groups in total. The first-order valence-electron chi connectivity index (χ1n) is 6.92. The van der Waals surface area contributed by atoms with Crippen LogP contribution in [-0.4, -0.2) is 67.5 Å². The lowest BCUT2D eigenvalue weighted by atomic mass is 10.4. The summed E-state index contributed by atoms with van der Waals surface area (Å²) in [4.78, 5) is 2.24. The third-order valence-electron chi connectivity index (χ3n) is 3.48. The van der Waals surface area contributed by atoms with Crippen LogP contribution in [-0.2, 0) is 19.9 Å². The Bertz CT molecular complexity index is 707. The zero-order valence-corrected chi connectivity index (χ0v) is 14.0. The van der Waals surface area contributed by atoms with Gasteiger partial charge in [0.15, 0.2) is 0 Å². The molecule has 0 aliphatic carbocycles. The van der Waals surface area contributed by atoms with E-state index in [0.717, 1.165) is 0 Å². The molecule has 0 aromatic heterocycles. The van der Waals surface area contributed by atoms with Gasteiger partial charge in [-0.3, -0.25) is 4.90 Å². The van der Waals surface area contributed by atoms with Gasteiger partial charge in [-0.1, -0.05) is 22.0 Å². The molecule has 6 nitrogen and oxygen atoms in total. The van der Waals surface area contributed by atoms with Gasteiger partial charge in [-0.15, -0.1) is 0 Å². The Kier molecular flexibility index (Phi) is 5.54. The minimum absolute atomic E-state index is 0.232. The highest BCUT2D eigenvalue weighted by Gasteiger charge is 2.27. The standard InChI is InChI=1S/C13H20FN3O3S2/c1-21(18,13-5-3-2-4-6-13)15-22(19,20)17-11-9-16(8-7-14)10-12-17/h2-6H,7-12H2,1H3. The minimum Gasteiger partial charge on any atom is -0.298 e. The van der Waals surface area contributed by atoms with E-state index in [4.69, 9.17) is 0 Å². The number of alkyl halides is 1. The van der Waals surface area contributed by atoms with Crippen LogP contribution in [0, 0.1) is 0 Å². The zero-order valence-electron chi connectivity index (χ0n) is 12.4. The van der Waals surface area contributed by atoms with Crippen molar-refractivity contribution in [1.29, 1.82) is 0 Å². The maximum absolute atomic E-state index is 12.6. The van der Waals surface area contributed by atoms with Crippen LogP contribution in [0.2, 0.25) is 0 Å². The minimum atomic E-state index is -3.97. The lowest BCUT2D eigenvalue weighted by Gasteiger charge is -2.32. The van der Waals surface area contributed by atoms with Gasteiger partial charge in [-0.2, -0.15) is 12.7 Å². The lowest BCUT2D eigenvalue weighted by Crippen LogP contribution is -2.48. The van der Waals surface area contributed by atoms with Gasteiger partial charge < -0.3 is 0 Å². The van der Waals surface area contributed by atoms with E-state index in [1.807, 2.05) is 4.90 Å². The van der Waals surface area contributed by atoms with Crippen LogP contribution in [0.15, 0.2) is 39.0 Å². The second-order valence-corrected chi connectivity index (χ2v) is 9.18. The molecule has 1 atom stereocenters. The zero-order chi connectivity index (χ0) is 16.2. The molecule has 0 saturated carbocycles. The molecule has 0 bridgehead atoms. The summed E-state index contributed by atoms with van der Waals surface area (Å²) >= 11 is 0. The molecule has 2 rings (SSSR count). The van der Waals surface area contributed by atoms with Crippen molar-refractivity contribution in [1.82, 2.24) is 9.21 Å².